The Morgan fingerprint density at radius 2 is 2.00 bits per heavy atom. The molecular weight excluding hydrogens is 218 g/mol. The Morgan fingerprint density at radius 1 is 1.41 bits per heavy atom. The van der Waals surface area contributed by atoms with Gasteiger partial charge in [0.25, 0.3) is 0 Å². The van der Waals surface area contributed by atoms with Crippen molar-refractivity contribution in [3.8, 4) is 0 Å². The molecule has 1 aliphatic rings. The molecule has 1 aliphatic carbocycles. The van der Waals surface area contributed by atoms with Gasteiger partial charge in [0, 0.05) is 6.04 Å². The molecule has 0 heterocycles. The third kappa shape index (κ3) is 2.46. The first kappa shape index (κ1) is 11.6. The lowest BCUT2D eigenvalue weighted by Crippen LogP contribution is -2.34. The molecule has 1 fully saturated rings. The van der Waals surface area contributed by atoms with E-state index in [1.54, 1.807) is 12.1 Å². The maximum Gasteiger partial charge on any atom is 0.331 e. The monoisotopic (exact) mass is 233 g/mol. The zero-order valence-corrected chi connectivity index (χ0v) is 9.67. The summed E-state index contributed by atoms with van der Waals surface area (Å²) in [5.74, 6) is -0.979. The van der Waals surface area contributed by atoms with Gasteiger partial charge in [-0.2, -0.15) is 0 Å². The number of nitrogens with zero attached hydrogens (tertiary/aromatic N) is 1. The largest absolute Gasteiger partial charge is 0.479 e. The maximum absolute atomic E-state index is 11.3. The van der Waals surface area contributed by atoms with Crippen molar-refractivity contribution in [2.45, 2.75) is 31.8 Å². The minimum atomic E-state index is -0.979. The first-order chi connectivity index (χ1) is 8.13. The van der Waals surface area contributed by atoms with Crippen LogP contribution in [0.25, 0.3) is 0 Å². The highest BCUT2D eigenvalue weighted by atomic mass is 16.4. The van der Waals surface area contributed by atoms with Crippen LogP contribution in [-0.4, -0.2) is 28.4 Å². The van der Waals surface area contributed by atoms with E-state index in [0.717, 1.165) is 18.4 Å². The van der Waals surface area contributed by atoms with E-state index in [4.69, 9.17) is 0 Å². The first-order valence-corrected chi connectivity index (χ1v) is 5.65. The van der Waals surface area contributed by atoms with Crippen LogP contribution in [0.15, 0.2) is 24.3 Å². The molecule has 17 heavy (non-hydrogen) atoms. The standard InChI is InChI=1S/C13H15NO3/c1-9-2-4-10(5-3-9)12(13(16)17)14(8-15)11-6-7-11/h2-5,8,11-12H,6-7H2,1H3,(H,16,17). The Morgan fingerprint density at radius 3 is 2.41 bits per heavy atom. The van der Waals surface area contributed by atoms with Crippen molar-refractivity contribution in [3.05, 3.63) is 35.4 Å². The number of hydrogen-bond acceptors (Lipinski definition) is 2. The number of benzene rings is 1. The van der Waals surface area contributed by atoms with Gasteiger partial charge in [0.05, 0.1) is 0 Å². The molecule has 1 saturated carbocycles. The van der Waals surface area contributed by atoms with Crippen LogP contribution >= 0.6 is 0 Å². The molecule has 1 aromatic carbocycles. The van der Waals surface area contributed by atoms with E-state index in [-0.39, 0.29) is 6.04 Å². The van der Waals surface area contributed by atoms with E-state index in [1.807, 2.05) is 19.1 Å². The van der Waals surface area contributed by atoms with Crippen LogP contribution in [0, 0.1) is 6.92 Å². The normalized spacial score (nSPS) is 16.3. The fourth-order valence-electron chi connectivity index (χ4n) is 1.92. The lowest BCUT2D eigenvalue weighted by Gasteiger charge is -2.25. The van der Waals surface area contributed by atoms with Gasteiger partial charge in [-0.1, -0.05) is 29.8 Å². The van der Waals surface area contributed by atoms with E-state index >= 15 is 0 Å². The summed E-state index contributed by atoms with van der Waals surface area (Å²) in [7, 11) is 0. The van der Waals surface area contributed by atoms with E-state index in [0.29, 0.717) is 12.0 Å². The first-order valence-electron chi connectivity index (χ1n) is 5.65. The van der Waals surface area contributed by atoms with Crippen molar-refractivity contribution in [2.75, 3.05) is 0 Å². The lowest BCUT2D eigenvalue weighted by molar-refractivity contribution is -0.147. The van der Waals surface area contributed by atoms with E-state index in [9.17, 15) is 14.7 Å². The Hall–Kier alpha value is -1.84. The number of aliphatic carboxylic acids is 1. The second-order valence-electron chi connectivity index (χ2n) is 4.44. The average Bonchev–Trinajstić information content (AvgIpc) is 3.11. The number of carboxylic acid groups (broad SMARTS) is 1. The molecule has 1 atom stereocenters. The summed E-state index contributed by atoms with van der Waals surface area (Å²) in [6.07, 6.45) is 2.44. The van der Waals surface area contributed by atoms with Crippen molar-refractivity contribution < 1.29 is 14.7 Å². The summed E-state index contributed by atoms with van der Waals surface area (Å²) < 4.78 is 0. The van der Waals surface area contributed by atoms with Crippen LogP contribution in [0.2, 0.25) is 0 Å². The van der Waals surface area contributed by atoms with E-state index in [2.05, 4.69) is 0 Å². The maximum atomic E-state index is 11.3. The van der Waals surface area contributed by atoms with Gasteiger partial charge in [-0.3, -0.25) is 4.79 Å². The quantitative estimate of drug-likeness (QED) is 0.788. The summed E-state index contributed by atoms with van der Waals surface area (Å²) in [6.45, 7) is 1.94. The van der Waals surface area contributed by atoms with Gasteiger partial charge in [-0.25, -0.2) is 4.79 Å². The molecule has 0 aromatic heterocycles. The molecule has 0 bridgehead atoms. The zero-order chi connectivity index (χ0) is 12.4. The molecule has 1 aromatic rings. The Labute approximate surface area is 99.9 Å². The average molecular weight is 233 g/mol. The molecule has 4 heteroatoms. The van der Waals surface area contributed by atoms with Crippen LogP contribution in [0.4, 0.5) is 0 Å². The van der Waals surface area contributed by atoms with Gasteiger partial charge < -0.3 is 10.0 Å². The number of carbonyl (C=O) groups is 2. The smallest absolute Gasteiger partial charge is 0.331 e. The Kier molecular flexibility index (Phi) is 3.13. The van der Waals surface area contributed by atoms with Gasteiger partial charge >= 0.3 is 5.97 Å². The molecular formula is C13H15NO3. The van der Waals surface area contributed by atoms with Crippen LogP contribution < -0.4 is 0 Å². The number of amides is 1. The van der Waals surface area contributed by atoms with Crippen molar-refractivity contribution in [3.63, 3.8) is 0 Å². The van der Waals surface area contributed by atoms with Gasteiger partial charge in [0.1, 0.15) is 0 Å². The molecule has 0 radical (unpaired) electrons. The van der Waals surface area contributed by atoms with Crippen LogP contribution in [0.1, 0.15) is 30.0 Å². The molecule has 2 rings (SSSR count). The Balaban J connectivity index is 2.30. The molecule has 0 saturated heterocycles. The van der Waals surface area contributed by atoms with E-state index < -0.39 is 12.0 Å². The van der Waals surface area contributed by atoms with Crippen molar-refractivity contribution in [1.82, 2.24) is 4.90 Å². The number of carboxylic acids is 1. The molecule has 4 nitrogen and oxygen atoms in total. The molecule has 1 N–H and O–H groups in total. The third-order valence-corrected chi connectivity index (χ3v) is 3.02. The fourth-order valence-corrected chi connectivity index (χ4v) is 1.92. The SMILES string of the molecule is Cc1ccc(C(C(=O)O)N(C=O)C2CC2)cc1. The summed E-state index contributed by atoms with van der Waals surface area (Å²) in [6, 6.07) is 6.50. The topological polar surface area (TPSA) is 57.6 Å². The number of rotatable bonds is 5. The van der Waals surface area contributed by atoms with Crippen molar-refractivity contribution >= 4 is 12.4 Å². The minimum absolute atomic E-state index is 0.0925. The van der Waals surface area contributed by atoms with Gasteiger partial charge in [-0.15, -0.1) is 0 Å². The molecule has 1 unspecified atom stereocenters. The number of carbonyl (C=O) groups excluding carboxylic acids is 1. The summed E-state index contributed by atoms with van der Waals surface area (Å²) >= 11 is 0. The Bertz CT molecular complexity index is 423. The predicted octanol–water partition coefficient (Wildman–Crippen LogP) is 1.74. The van der Waals surface area contributed by atoms with Crippen LogP contribution in [0.5, 0.6) is 0 Å². The zero-order valence-electron chi connectivity index (χ0n) is 9.67. The van der Waals surface area contributed by atoms with Crippen LogP contribution in [0.3, 0.4) is 0 Å². The third-order valence-electron chi connectivity index (χ3n) is 3.02. The predicted molar refractivity (Wildman–Crippen MR) is 62.5 cm³/mol. The summed E-state index contributed by atoms with van der Waals surface area (Å²) in [4.78, 5) is 23.8. The second kappa shape index (κ2) is 4.57. The lowest BCUT2D eigenvalue weighted by atomic mass is 10.0. The molecule has 1 amide bonds. The fraction of sp³-hybridized carbons (Fsp3) is 0.385. The minimum Gasteiger partial charge on any atom is -0.479 e. The van der Waals surface area contributed by atoms with E-state index in [1.165, 1.54) is 4.90 Å². The highest BCUT2D eigenvalue weighted by molar-refractivity contribution is 5.78. The van der Waals surface area contributed by atoms with Crippen molar-refractivity contribution in [1.29, 1.82) is 0 Å². The molecule has 0 spiro atoms. The van der Waals surface area contributed by atoms with Crippen molar-refractivity contribution in [2.24, 2.45) is 0 Å². The van der Waals surface area contributed by atoms with Gasteiger partial charge in [-0.05, 0) is 25.3 Å². The summed E-state index contributed by atoms with van der Waals surface area (Å²) in [5.41, 5.74) is 1.73. The number of hydrogen-bond donors (Lipinski definition) is 1. The molecule has 90 valence electrons. The van der Waals surface area contributed by atoms with Gasteiger partial charge in [0.15, 0.2) is 6.04 Å². The number of aryl methyl sites for hydroxylation is 1. The van der Waals surface area contributed by atoms with Crippen LogP contribution in [-0.2, 0) is 9.59 Å². The molecule has 0 aliphatic heterocycles. The highest BCUT2D eigenvalue weighted by Crippen LogP contribution is 2.33. The second-order valence-corrected chi connectivity index (χ2v) is 4.44. The summed E-state index contributed by atoms with van der Waals surface area (Å²) in [5, 5.41) is 9.27. The van der Waals surface area contributed by atoms with Gasteiger partial charge in [0.2, 0.25) is 6.41 Å². The highest BCUT2D eigenvalue weighted by Gasteiger charge is 2.37.